The van der Waals surface area contributed by atoms with Crippen molar-refractivity contribution in [3.8, 4) is 23.0 Å². The molecule has 226 valence electrons. The Hall–Kier alpha value is -5.16. The average molecular weight is 615 g/mol. The lowest BCUT2D eigenvalue weighted by atomic mass is 9.95. The van der Waals surface area contributed by atoms with E-state index in [2.05, 4.69) is 4.99 Å². The number of benzene rings is 3. The summed E-state index contributed by atoms with van der Waals surface area (Å²) in [7, 11) is 4.27. The SMILES string of the molecule is COC(=O)C1=C(C)N=c2s/c(=C\c3ccc(OCc4ccccc4)c(OC)c3)c(=O)n2C1c1ccc(OC(C)=O)c(OC)c1. The van der Waals surface area contributed by atoms with Crippen LogP contribution < -0.4 is 33.8 Å². The Balaban J connectivity index is 1.58. The molecule has 1 aliphatic rings. The van der Waals surface area contributed by atoms with Gasteiger partial charge in [-0.1, -0.05) is 53.8 Å². The molecule has 44 heavy (non-hydrogen) atoms. The highest BCUT2D eigenvalue weighted by Gasteiger charge is 2.33. The number of aromatic nitrogens is 1. The Labute approximate surface area is 257 Å². The second kappa shape index (κ2) is 13.0. The van der Waals surface area contributed by atoms with E-state index in [-0.39, 0.29) is 22.6 Å². The van der Waals surface area contributed by atoms with Gasteiger partial charge in [0.15, 0.2) is 27.8 Å². The van der Waals surface area contributed by atoms with Crippen LogP contribution in [0.15, 0.2) is 87.8 Å². The van der Waals surface area contributed by atoms with Crippen LogP contribution in [0.3, 0.4) is 0 Å². The summed E-state index contributed by atoms with van der Waals surface area (Å²) in [5, 5.41) is 0. The molecule has 1 unspecified atom stereocenters. The third kappa shape index (κ3) is 6.13. The quantitative estimate of drug-likeness (QED) is 0.206. The van der Waals surface area contributed by atoms with Gasteiger partial charge in [-0.2, -0.15) is 0 Å². The molecule has 10 nitrogen and oxygen atoms in total. The molecule has 11 heteroatoms. The molecule has 2 heterocycles. The van der Waals surface area contributed by atoms with E-state index < -0.39 is 18.0 Å². The van der Waals surface area contributed by atoms with Crippen molar-refractivity contribution in [2.45, 2.75) is 26.5 Å². The number of esters is 2. The summed E-state index contributed by atoms with van der Waals surface area (Å²) in [5.41, 5.74) is 2.55. The number of hydrogen-bond acceptors (Lipinski definition) is 10. The number of allylic oxidation sites excluding steroid dienone is 1. The normalized spacial score (nSPS) is 14.4. The Kier molecular flexibility index (Phi) is 8.96. The van der Waals surface area contributed by atoms with Crippen LogP contribution in [0.1, 0.15) is 36.6 Å². The maximum absolute atomic E-state index is 14.0. The number of fused-ring (bicyclic) bond motifs is 1. The summed E-state index contributed by atoms with van der Waals surface area (Å²) in [6.07, 6.45) is 1.74. The molecule has 4 aromatic rings. The molecule has 0 saturated carbocycles. The van der Waals surface area contributed by atoms with E-state index in [0.717, 1.165) is 5.56 Å². The first-order valence-electron chi connectivity index (χ1n) is 13.6. The fourth-order valence-corrected chi connectivity index (χ4v) is 5.93. The second-order valence-electron chi connectivity index (χ2n) is 9.76. The van der Waals surface area contributed by atoms with Crippen LogP contribution in [0, 0.1) is 0 Å². The third-order valence-electron chi connectivity index (χ3n) is 6.91. The van der Waals surface area contributed by atoms with Crippen LogP contribution in [0.2, 0.25) is 0 Å². The standard InChI is InChI=1S/C33H30N2O8S/c1-19-29(32(38)41-5)30(23-12-14-25(43-20(2)36)27(17-23)40-4)35-31(37)28(44-33(35)34-19)16-22-11-13-24(26(15-22)39-3)42-18-21-9-7-6-8-10-21/h6-17,30H,18H2,1-5H3/b28-16-. The predicted octanol–water partition coefficient (Wildman–Crippen LogP) is 3.93. The maximum Gasteiger partial charge on any atom is 0.338 e. The van der Waals surface area contributed by atoms with Crippen LogP contribution in [-0.2, 0) is 20.9 Å². The van der Waals surface area contributed by atoms with E-state index in [9.17, 15) is 14.4 Å². The number of hydrogen-bond donors (Lipinski definition) is 0. The van der Waals surface area contributed by atoms with Crippen LogP contribution in [0.25, 0.3) is 6.08 Å². The minimum absolute atomic E-state index is 0.204. The van der Waals surface area contributed by atoms with Crippen LogP contribution >= 0.6 is 11.3 Å². The van der Waals surface area contributed by atoms with E-state index in [4.69, 9.17) is 23.7 Å². The molecule has 0 bridgehead atoms. The molecular weight excluding hydrogens is 584 g/mol. The van der Waals surface area contributed by atoms with Gasteiger partial charge in [0.1, 0.15) is 6.61 Å². The van der Waals surface area contributed by atoms with Crippen molar-refractivity contribution in [3.05, 3.63) is 114 Å². The van der Waals surface area contributed by atoms with Crippen molar-refractivity contribution in [1.29, 1.82) is 0 Å². The van der Waals surface area contributed by atoms with Crippen LogP contribution in [0.4, 0.5) is 0 Å². The minimum atomic E-state index is -0.871. The topological polar surface area (TPSA) is 115 Å². The van der Waals surface area contributed by atoms with Gasteiger partial charge in [0.2, 0.25) is 0 Å². The van der Waals surface area contributed by atoms with E-state index in [0.29, 0.717) is 44.3 Å². The maximum atomic E-state index is 14.0. The highest BCUT2D eigenvalue weighted by Crippen LogP contribution is 2.36. The molecule has 0 saturated heterocycles. The van der Waals surface area contributed by atoms with Gasteiger partial charge in [0.05, 0.1) is 43.2 Å². The highest BCUT2D eigenvalue weighted by atomic mass is 32.1. The molecule has 1 aliphatic heterocycles. The van der Waals surface area contributed by atoms with Crippen molar-refractivity contribution in [2.24, 2.45) is 4.99 Å². The summed E-state index contributed by atoms with van der Waals surface area (Å²) >= 11 is 1.20. The Bertz CT molecular complexity index is 1940. The van der Waals surface area contributed by atoms with Crippen LogP contribution in [0.5, 0.6) is 23.0 Å². The van der Waals surface area contributed by atoms with Crippen molar-refractivity contribution in [2.75, 3.05) is 21.3 Å². The predicted molar refractivity (Wildman–Crippen MR) is 164 cm³/mol. The molecule has 1 aromatic heterocycles. The molecule has 0 fully saturated rings. The zero-order chi connectivity index (χ0) is 31.4. The molecule has 3 aromatic carbocycles. The molecule has 1 atom stereocenters. The Morgan fingerprint density at radius 1 is 0.932 bits per heavy atom. The van der Waals surface area contributed by atoms with Gasteiger partial charge in [-0.15, -0.1) is 0 Å². The first kappa shape index (κ1) is 30.3. The molecule has 0 spiro atoms. The summed E-state index contributed by atoms with van der Waals surface area (Å²) in [6.45, 7) is 3.36. The first-order chi connectivity index (χ1) is 21.2. The molecule has 0 N–H and O–H groups in total. The number of methoxy groups -OCH3 is 3. The largest absolute Gasteiger partial charge is 0.493 e. The second-order valence-corrected chi connectivity index (χ2v) is 10.8. The number of carbonyl (C=O) groups excluding carboxylic acids is 2. The minimum Gasteiger partial charge on any atom is -0.493 e. The number of thiazole rings is 1. The van der Waals surface area contributed by atoms with Gasteiger partial charge in [-0.25, -0.2) is 9.79 Å². The van der Waals surface area contributed by atoms with Crippen LogP contribution in [-0.4, -0.2) is 37.8 Å². The summed E-state index contributed by atoms with van der Waals surface area (Å²) in [5.74, 6) is 0.428. The van der Waals surface area contributed by atoms with E-state index in [1.165, 1.54) is 37.0 Å². The van der Waals surface area contributed by atoms with Gasteiger partial charge in [0, 0.05) is 6.92 Å². The zero-order valence-electron chi connectivity index (χ0n) is 24.8. The lowest BCUT2D eigenvalue weighted by Crippen LogP contribution is -2.39. The van der Waals surface area contributed by atoms with E-state index in [1.807, 2.05) is 36.4 Å². The summed E-state index contributed by atoms with van der Waals surface area (Å²) in [6, 6.07) is 19.2. The number of rotatable bonds is 9. The Morgan fingerprint density at radius 3 is 2.32 bits per heavy atom. The first-order valence-corrected chi connectivity index (χ1v) is 14.4. The molecular formula is C33H30N2O8S. The molecule has 0 aliphatic carbocycles. The number of carbonyl (C=O) groups is 2. The summed E-state index contributed by atoms with van der Waals surface area (Å²) in [4.78, 5) is 43.6. The lowest BCUT2D eigenvalue weighted by Gasteiger charge is -2.25. The van der Waals surface area contributed by atoms with E-state index >= 15 is 0 Å². The molecule has 0 amide bonds. The van der Waals surface area contributed by atoms with E-state index in [1.54, 1.807) is 50.4 Å². The Morgan fingerprint density at radius 2 is 1.64 bits per heavy atom. The molecule has 5 rings (SSSR count). The number of nitrogens with zero attached hydrogens (tertiary/aromatic N) is 2. The third-order valence-corrected chi connectivity index (χ3v) is 7.89. The van der Waals surface area contributed by atoms with Gasteiger partial charge in [-0.3, -0.25) is 14.2 Å². The van der Waals surface area contributed by atoms with Gasteiger partial charge in [-0.05, 0) is 54.0 Å². The van der Waals surface area contributed by atoms with Gasteiger partial charge < -0.3 is 23.7 Å². The smallest absolute Gasteiger partial charge is 0.338 e. The zero-order valence-corrected chi connectivity index (χ0v) is 25.6. The molecule has 0 radical (unpaired) electrons. The monoisotopic (exact) mass is 614 g/mol. The van der Waals surface area contributed by atoms with Gasteiger partial charge >= 0.3 is 11.9 Å². The van der Waals surface area contributed by atoms with Crippen molar-refractivity contribution >= 4 is 29.4 Å². The highest BCUT2D eigenvalue weighted by molar-refractivity contribution is 7.07. The fraction of sp³-hybridized carbons (Fsp3) is 0.212. The average Bonchev–Trinajstić information content (AvgIpc) is 3.33. The number of ether oxygens (including phenoxy) is 5. The van der Waals surface area contributed by atoms with Crippen molar-refractivity contribution in [3.63, 3.8) is 0 Å². The van der Waals surface area contributed by atoms with Crippen molar-refractivity contribution in [1.82, 2.24) is 4.57 Å². The summed E-state index contributed by atoms with van der Waals surface area (Å²) < 4.78 is 29.2. The lowest BCUT2D eigenvalue weighted by molar-refractivity contribution is -0.136. The fourth-order valence-electron chi connectivity index (χ4n) is 4.88. The van der Waals surface area contributed by atoms with Crippen molar-refractivity contribution < 1.29 is 33.3 Å². The van der Waals surface area contributed by atoms with Gasteiger partial charge in [0.25, 0.3) is 5.56 Å².